The van der Waals surface area contributed by atoms with E-state index in [1.807, 2.05) is 0 Å². The quantitative estimate of drug-likeness (QED) is 0.467. The molecule has 0 amide bonds. The molecular weight excluding hydrogens is 426 g/mol. The van der Waals surface area contributed by atoms with E-state index in [-0.39, 0.29) is 18.0 Å². The average molecular weight is 454 g/mol. The number of rotatable bonds is 6. The summed E-state index contributed by atoms with van der Waals surface area (Å²) in [6.45, 7) is 5.27. The molecule has 2 saturated heterocycles. The van der Waals surface area contributed by atoms with Gasteiger partial charge in [0.25, 0.3) is 0 Å². The van der Waals surface area contributed by atoms with Crippen molar-refractivity contribution in [3.63, 3.8) is 0 Å². The van der Waals surface area contributed by atoms with Crippen LogP contribution in [0.25, 0.3) is 0 Å². The fourth-order valence-corrected chi connectivity index (χ4v) is 5.43. The van der Waals surface area contributed by atoms with Crippen LogP contribution in [0.4, 0.5) is 0 Å². The van der Waals surface area contributed by atoms with Gasteiger partial charge in [0.15, 0.2) is 11.8 Å². The molecule has 2 aliphatic heterocycles. The van der Waals surface area contributed by atoms with Crippen molar-refractivity contribution in [3.8, 4) is 17.6 Å². The first-order valence-electron chi connectivity index (χ1n) is 9.75. The minimum atomic E-state index is -4.09. The lowest BCUT2D eigenvalue weighted by molar-refractivity contribution is -0.168. The Kier molecular flexibility index (Phi) is 6.93. The number of carbonyl (C=O) groups is 1. The van der Waals surface area contributed by atoms with Gasteiger partial charge in [-0.25, -0.2) is 8.42 Å². The summed E-state index contributed by atoms with van der Waals surface area (Å²) >= 11 is 0. The molecule has 2 fully saturated rings. The Morgan fingerprint density at radius 3 is 2.48 bits per heavy atom. The van der Waals surface area contributed by atoms with E-state index in [1.165, 1.54) is 38.5 Å². The normalized spacial score (nSPS) is 27.6. The van der Waals surface area contributed by atoms with Crippen molar-refractivity contribution < 1.29 is 36.9 Å². The van der Waals surface area contributed by atoms with Gasteiger partial charge in [0.1, 0.15) is 30.7 Å². The molecule has 0 N–H and O–H groups in total. The molecule has 31 heavy (non-hydrogen) atoms. The zero-order valence-corrected chi connectivity index (χ0v) is 19.0. The Labute approximate surface area is 182 Å². The molecule has 3 rings (SSSR count). The second-order valence-corrected chi connectivity index (χ2v) is 9.46. The van der Waals surface area contributed by atoms with Gasteiger partial charge in [-0.05, 0) is 45.0 Å². The molecule has 2 aliphatic rings. The molecule has 0 aromatic heterocycles. The van der Waals surface area contributed by atoms with E-state index in [1.54, 1.807) is 20.8 Å². The zero-order chi connectivity index (χ0) is 22.8. The zero-order valence-electron chi connectivity index (χ0n) is 18.2. The van der Waals surface area contributed by atoms with Crippen molar-refractivity contribution >= 4 is 16.0 Å². The van der Waals surface area contributed by atoms with Crippen LogP contribution in [0.3, 0.4) is 0 Å². The fourth-order valence-electron chi connectivity index (χ4n) is 3.84. The molecule has 2 heterocycles. The summed E-state index contributed by atoms with van der Waals surface area (Å²) in [5, 5.41) is 0. The van der Waals surface area contributed by atoms with Gasteiger partial charge in [-0.15, -0.1) is 5.92 Å². The van der Waals surface area contributed by atoms with Crippen molar-refractivity contribution in [2.24, 2.45) is 0 Å². The van der Waals surface area contributed by atoms with Crippen LogP contribution in [0.2, 0.25) is 0 Å². The van der Waals surface area contributed by atoms with Gasteiger partial charge in [-0.1, -0.05) is 5.92 Å². The number of ether oxygens (including phenoxy) is 5. The first-order valence-corrected chi connectivity index (χ1v) is 11.2. The third-order valence-corrected chi connectivity index (χ3v) is 7.02. The van der Waals surface area contributed by atoms with Gasteiger partial charge >= 0.3 is 5.97 Å². The first kappa shape index (κ1) is 23.5. The predicted octanol–water partition coefficient (Wildman–Crippen LogP) is 1.17. The first-order chi connectivity index (χ1) is 14.6. The summed E-state index contributed by atoms with van der Waals surface area (Å²) in [7, 11) is -1.50. The molecule has 0 radical (unpaired) electrons. The number of sulfonamides is 1. The van der Waals surface area contributed by atoms with Crippen molar-refractivity contribution in [2.45, 2.75) is 55.8 Å². The summed E-state index contributed by atoms with van der Waals surface area (Å²) in [5.74, 6) is 4.29. The van der Waals surface area contributed by atoms with Gasteiger partial charge in [-0.2, -0.15) is 4.31 Å². The molecule has 0 unspecified atom stereocenters. The van der Waals surface area contributed by atoms with Crippen LogP contribution in [0.15, 0.2) is 29.2 Å². The predicted molar refractivity (Wildman–Crippen MR) is 110 cm³/mol. The molecule has 0 saturated carbocycles. The van der Waals surface area contributed by atoms with Crippen LogP contribution in [-0.2, 0) is 33.8 Å². The Balaban J connectivity index is 1.95. The molecule has 1 aromatic carbocycles. The summed E-state index contributed by atoms with van der Waals surface area (Å²) in [4.78, 5) is 12.6. The maximum Gasteiger partial charge on any atom is 0.327 e. The van der Waals surface area contributed by atoms with Gasteiger partial charge in [-0.3, -0.25) is 4.79 Å². The third kappa shape index (κ3) is 4.71. The maximum absolute atomic E-state index is 13.5. The number of benzene rings is 1. The van der Waals surface area contributed by atoms with Crippen molar-refractivity contribution in [3.05, 3.63) is 24.3 Å². The topological polar surface area (TPSA) is 101 Å². The molecular formula is C21H27NO8S. The highest BCUT2D eigenvalue weighted by atomic mass is 32.2. The van der Waals surface area contributed by atoms with Crippen LogP contribution in [0.5, 0.6) is 5.75 Å². The number of carbonyl (C=O) groups excluding carboxylic acids is 1. The lowest BCUT2D eigenvalue weighted by atomic mass is 9.96. The third-order valence-electron chi connectivity index (χ3n) is 5.16. The van der Waals surface area contributed by atoms with Crippen LogP contribution in [-0.4, -0.2) is 76.2 Å². The second-order valence-electron chi connectivity index (χ2n) is 7.57. The van der Waals surface area contributed by atoms with E-state index in [0.29, 0.717) is 5.75 Å². The summed E-state index contributed by atoms with van der Waals surface area (Å²) in [6, 6.07) is 4.69. The molecule has 9 nitrogen and oxygen atoms in total. The van der Waals surface area contributed by atoms with Crippen molar-refractivity contribution in [1.29, 1.82) is 0 Å². The molecule has 0 bridgehead atoms. The number of esters is 1. The van der Waals surface area contributed by atoms with E-state index in [9.17, 15) is 13.2 Å². The second kappa shape index (κ2) is 9.14. The molecule has 0 aliphatic carbocycles. The standard InChI is InChI=1S/C21H27NO8S/c1-6-7-12-28-14-8-10-15(11-9-14)31(24,25)22-13-16-18(30-21(2,3)29-16)19(26-4)17(22)20(23)27-5/h8-11,16-19H,12-13H2,1-5H3/t16-,17+,18-,19-/m0/s1. The Hall–Kier alpha value is -2.16. The van der Waals surface area contributed by atoms with Crippen LogP contribution < -0.4 is 4.74 Å². The fraction of sp³-hybridized carbons (Fsp3) is 0.571. The van der Waals surface area contributed by atoms with Crippen molar-refractivity contribution in [2.75, 3.05) is 27.4 Å². The molecule has 0 spiro atoms. The van der Waals surface area contributed by atoms with Gasteiger partial charge in [0, 0.05) is 13.7 Å². The monoisotopic (exact) mass is 453 g/mol. The number of nitrogens with zero attached hydrogens (tertiary/aromatic N) is 1. The smallest absolute Gasteiger partial charge is 0.327 e. The number of fused-ring (bicyclic) bond motifs is 1. The summed E-state index contributed by atoms with van der Waals surface area (Å²) in [5.41, 5.74) is 0. The van der Waals surface area contributed by atoms with Crippen LogP contribution in [0, 0.1) is 11.8 Å². The maximum atomic E-state index is 13.5. The highest BCUT2D eigenvalue weighted by molar-refractivity contribution is 7.89. The number of methoxy groups -OCH3 is 2. The number of piperidine rings is 1. The lowest BCUT2D eigenvalue weighted by Crippen LogP contribution is -2.65. The van der Waals surface area contributed by atoms with E-state index in [0.717, 1.165) is 4.31 Å². The van der Waals surface area contributed by atoms with Gasteiger partial charge in [0.2, 0.25) is 10.0 Å². The minimum absolute atomic E-state index is 0.00167. The minimum Gasteiger partial charge on any atom is -0.481 e. The Bertz CT molecular complexity index is 963. The molecule has 4 atom stereocenters. The van der Waals surface area contributed by atoms with E-state index < -0.39 is 46.1 Å². The summed E-state index contributed by atoms with van der Waals surface area (Å²) in [6.07, 6.45) is -2.13. The van der Waals surface area contributed by atoms with E-state index in [2.05, 4.69) is 11.8 Å². The van der Waals surface area contributed by atoms with Crippen molar-refractivity contribution in [1.82, 2.24) is 4.31 Å². The largest absolute Gasteiger partial charge is 0.481 e. The van der Waals surface area contributed by atoms with Gasteiger partial charge < -0.3 is 23.7 Å². The lowest BCUT2D eigenvalue weighted by Gasteiger charge is -2.42. The highest BCUT2D eigenvalue weighted by Gasteiger charge is 2.58. The van der Waals surface area contributed by atoms with E-state index >= 15 is 0 Å². The highest BCUT2D eigenvalue weighted by Crippen LogP contribution is 2.39. The molecule has 170 valence electrons. The SMILES string of the molecule is CC#CCOc1ccc(S(=O)(=O)N2C[C@@H]3OC(C)(C)O[C@@H]3[C@@H](OC)[C@@H]2C(=O)OC)cc1. The van der Waals surface area contributed by atoms with Gasteiger partial charge in [0.05, 0.1) is 12.0 Å². The molecule has 1 aromatic rings. The summed E-state index contributed by atoms with van der Waals surface area (Å²) < 4.78 is 55.7. The number of hydrogen-bond donors (Lipinski definition) is 0. The van der Waals surface area contributed by atoms with E-state index in [4.69, 9.17) is 23.7 Å². The molecule has 10 heteroatoms. The number of hydrogen-bond acceptors (Lipinski definition) is 8. The van der Waals surface area contributed by atoms with Crippen LogP contribution >= 0.6 is 0 Å². The van der Waals surface area contributed by atoms with Crippen LogP contribution in [0.1, 0.15) is 20.8 Å². The Morgan fingerprint density at radius 1 is 1.23 bits per heavy atom. The average Bonchev–Trinajstić information content (AvgIpc) is 3.06. The Morgan fingerprint density at radius 2 is 1.90 bits per heavy atom.